The quantitative estimate of drug-likeness (QED) is 0.396. The minimum absolute atomic E-state index is 0.281. The number of hydrogen-bond acceptors (Lipinski definition) is 6. The van der Waals surface area contributed by atoms with Crippen molar-refractivity contribution in [3.63, 3.8) is 0 Å². The van der Waals surface area contributed by atoms with Gasteiger partial charge in [0, 0.05) is 73.4 Å². The molecule has 1 N–H and O–H groups in total. The van der Waals surface area contributed by atoms with E-state index in [-0.39, 0.29) is 10.5 Å². The summed E-state index contributed by atoms with van der Waals surface area (Å²) in [5.41, 5.74) is 0. The van der Waals surface area contributed by atoms with Crippen LogP contribution in [0.15, 0.2) is 4.36 Å². The van der Waals surface area contributed by atoms with Gasteiger partial charge in [-0.25, -0.2) is 12.6 Å². The number of nitrogens with zero attached hydrogens (tertiary/aromatic N) is 1. The average Bonchev–Trinajstić information content (AvgIpc) is 3.65. The molecule has 7 nitrogen and oxygen atoms in total. The molecular weight excluding hydrogens is 604 g/mol. The van der Waals surface area contributed by atoms with E-state index in [4.69, 9.17) is 8.99 Å². The van der Waals surface area contributed by atoms with Crippen LogP contribution in [-0.2, 0) is 44.3 Å². The largest absolute Gasteiger partial charge is 0.474 e. The zero-order valence-electron chi connectivity index (χ0n) is 19.5. The first kappa shape index (κ1) is 30.8. The van der Waals surface area contributed by atoms with Crippen molar-refractivity contribution < 1.29 is 34.8 Å². The van der Waals surface area contributed by atoms with Crippen LogP contribution in [-0.4, -0.2) is 60.4 Å². The molecule has 6 aliphatic carbocycles. The smallest absolute Gasteiger partial charge is 0.261 e. The molecule has 1 amide bonds. The van der Waals surface area contributed by atoms with E-state index < -0.39 is 51.6 Å². The summed E-state index contributed by atoms with van der Waals surface area (Å²) in [5, 5.41) is 1.28. The molecule has 0 aromatic rings. The number of amides is 1. The summed E-state index contributed by atoms with van der Waals surface area (Å²) in [6, 6.07) is 0. The Morgan fingerprint density at radius 1 is 0.750 bits per heavy atom. The Bertz CT molecular complexity index is 1030. The van der Waals surface area contributed by atoms with Crippen molar-refractivity contribution in [3.8, 4) is 0 Å². The highest BCUT2D eigenvalue weighted by Crippen LogP contribution is 2.43. The van der Waals surface area contributed by atoms with Crippen LogP contribution in [0.3, 0.4) is 0 Å². The summed E-state index contributed by atoms with van der Waals surface area (Å²) in [4.78, 5) is 10.7. The second-order valence-corrected chi connectivity index (χ2v) is 19.8. The highest BCUT2D eigenvalue weighted by molar-refractivity contribution is 8.26. The van der Waals surface area contributed by atoms with Crippen molar-refractivity contribution in [2.75, 3.05) is 0 Å². The number of hydrogen-bond donors (Lipinski definition) is 1. The van der Waals surface area contributed by atoms with Gasteiger partial charge in [0.1, 0.15) is 0 Å². The first-order chi connectivity index (χ1) is 16.7. The maximum Gasteiger partial charge on any atom is 0.474 e. The molecule has 210 valence electrons. The number of rotatable bonds is 6. The van der Waals surface area contributed by atoms with Crippen LogP contribution in [0.5, 0.6) is 0 Å². The van der Waals surface area contributed by atoms with Gasteiger partial charge in [-0.1, -0.05) is 0 Å². The van der Waals surface area contributed by atoms with Gasteiger partial charge in [0.25, 0.3) is 0 Å². The summed E-state index contributed by atoms with van der Waals surface area (Å²) in [5.74, 6) is -2.19. The van der Waals surface area contributed by atoms with Gasteiger partial charge in [0.2, 0.25) is 9.23 Å². The molecule has 0 aromatic heterocycles. The molecule has 0 heterocycles. The minimum Gasteiger partial charge on any atom is -0.261 e. The summed E-state index contributed by atoms with van der Waals surface area (Å²) in [6.07, 6.45) is 6.70. The van der Waals surface area contributed by atoms with Gasteiger partial charge in [-0.05, 0) is 77.0 Å². The molecule has 6 rings (SSSR count). The molecule has 0 bridgehead atoms. The van der Waals surface area contributed by atoms with Crippen LogP contribution in [0.2, 0.25) is 0 Å². The number of alkyl halides is 3. The van der Waals surface area contributed by atoms with Crippen molar-refractivity contribution in [3.05, 3.63) is 0 Å². The van der Waals surface area contributed by atoms with Crippen LogP contribution in [0.1, 0.15) is 77.0 Å². The topological polar surface area (TPSA) is 122 Å². The van der Waals surface area contributed by atoms with E-state index in [9.17, 15) is 30.6 Å². The molecule has 0 unspecified atom stereocenters. The zero-order chi connectivity index (χ0) is 26.9. The Labute approximate surface area is 224 Å². The number of carbonyl (C=O) groups excluding carboxylic acids is 1. The van der Waals surface area contributed by atoms with Crippen molar-refractivity contribution >= 4 is 66.8 Å². The molecule has 0 radical (unpaired) electrons. The second kappa shape index (κ2) is 12.2. The second-order valence-electron chi connectivity index (χ2n) is 9.86. The molecule has 16 heteroatoms. The molecule has 0 aromatic carbocycles. The van der Waals surface area contributed by atoms with E-state index in [0.717, 1.165) is 25.7 Å². The first-order valence-electron chi connectivity index (χ1n) is 11.9. The fourth-order valence-corrected chi connectivity index (χ4v) is 10.2. The monoisotopic (exact) mass is 634 g/mol. The maximum absolute atomic E-state index is 12.1. The fourth-order valence-electron chi connectivity index (χ4n) is 3.40. The predicted molar refractivity (Wildman–Crippen MR) is 139 cm³/mol. The van der Waals surface area contributed by atoms with E-state index in [1.165, 1.54) is 25.7 Å². The van der Waals surface area contributed by atoms with Crippen molar-refractivity contribution in [2.45, 2.75) is 115 Å². The third-order valence-electron chi connectivity index (χ3n) is 6.22. The molecule has 6 saturated carbocycles. The highest BCUT2D eigenvalue weighted by Gasteiger charge is 2.48. The average molecular weight is 636 g/mol. The van der Waals surface area contributed by atoms with E-state index in [0.29, 0.717) is 46.7 Å². The van der Waals surface area contributed by atoms with Crippen LogP contribution in [0.4, 0.5) is 13.2 Å². The van der Waals surface area contributed by atoms with Crippen LogP contribution >= 0.6 is 21.4 Å². The molecular formula is C20H31Cl2F3N2O5S4. The highest BCUT2D eigenvalue weighted by atomic mass is 36.0. The van der Waals surface area contributed by atoms with Crippen LogP contribution in [0.25, 0.3) is 0 Å². The SMILES string of the molecule is N=S(=O)(C1CC1)C1CC1.O=C(N=S(=O)(C1CC1)C1CC1)C(F)(F)F.O=S(C1CC1)C1CC1.O=S(Cl)Cl. The van der Waals surface area contributed by atoms with Gasteiger partial charge in [-0.15, -0.1) is 0 Å². The lowest BCUT2D eigenvalue weighted by molar-refractivity contribution is -0.169. The summed E-state index contributed by atoms with van der Waals surface area (Å²) < 4.78 is 90.0. The van der Waals surface area contributed by atoms with Gasteiger partial charge in [0.05, 0.1) is 9.73 Å². The molecule has 0 aliphatic heterocycles. The Morgan fingerprint density at radius 3 is 1.28 bits per heavy atom. The van der Waals surface area contributed by atoms with E-state index >= 15 is 0 Å². The third-order valence-corrected chi connectivity index (χ3v) is 14.7. The normalized spacial score (nSPS) is 24.0. The van der Waals surface area contributed by atoms with Crippen LogP contribution in [0, 0.1) is 4.78 Å². The maximum atomic E-state index is 12.1. The molecule has 6 fully saturated rings. The van der Waals surface area contributed by atoms with Gasteiger partial charge < -0.3 is 0 Å². The lowest BCUT2D eigenvalue weighted by atomic mass is 10.6. The molecule has 6 aliphatic rings. The summed E-state index contributed by atoms with van der Waals surface area (Å²) in [6.45, 7) is 0. The van der Waals surface area contributed by atoms with E-state index in [2.05, 4.69) is 25.7 Å². The lowest BCUT2D eigenvalue weighted by Crippen LogP contribution is -2.24. The third kappa shape index (κ3) is 10.1. The fraction of sp³-hybridized carbons (Fsp3) is 0.950. The van der Waals surface area contributed by atoms with E-state index in [1.54, 1.807) is 0 Å². The van der Waals surface area contributed by atoms with Gasteiger partial charge >= 0.3 is 12.1 Å². The summed E-state index contributed by atoms with van der Waals surface area (Å²) >= 11 is 0. The number of carbonyl (C=O) groups is 1. The molecule has 0 atom stereocenters. The Morgan fingerprint density at radius 2 is 1.06 bits per heavy atom. The molecule has 0 spiro atoms. The molecule has 0 saturated heterocycles. The Hall–Kier alpha value is 0.240. The summed E-state index contributed by atoms with van der Waals surface area (Å²) in [7, 11) is 1.94. The van der Waals surface area contributed by atoms with Crippen molar-refractivity contribution in [2.24, 2.45) is 4.36 Å². The first-order valence-corrected chi connectivity index (χ1v) is 19.3. The van der Waals surface area contributed by atoms with Crippen molar-refractivity contribution in [1.82, 2.24) is 0 Å². The standard InChI is InChI=1S/C8H10F3NO2S.C6H11NOS.C6H10OS.Cl2OS/c9-8(10,11)7(13)12-15(14,5-1-2-5)6-3-4-6;7-9(8,5-1-2-5)6-3-4-6;7-8(5-1-2-5)6-3-4-6;1-4(2)3/h5-6H,1-4H2;5-7H,1-4H2;5-6H,1-4H2;. The van der Waals surface area contributed by atoms with Gasteiger partial charge in [-0.3, -0.25) is 13.8 Å². The predicted octanol–water partition coefficient (Wildman–Crippen LogP) is 5.33. The van der Waals surface area contributed by atoms with Crippen LogP contribution < -0.4 is 0 Å². The molecule has 36 heavy (non-hydrogen) atoms. The number of nitrogens with one attached hydrogen (secondary N) is 1. The van der Waals surface area contributed by atoms with Gasteiger partial charge in [-0.2, -0.15) is 17.5 Å². The van der Waals surface area contributed by atoms with Crippen molar-refractivity contribution in [1.29, 1.82) is 4.78 Å². The Balaban J connectivity index is 0.000000147. The zero-order valence-corrected chi connectivity index (χ0v) is 24.2. The number of halogens is 5. The Kier molecular flexibility index (Phi) is 10.4. The lowest BCUT2D eigenvalue weighted by Gasteiger charge is -2.07. The van der Waals surface area contributed by atoms with Gasteiger partial charge in [0.15, 0.2) is 0 Å². The van der Waals surface area contributed by atoms with E-state index in [1.807, 2.05) is 0 Å². The minimum atomic E-state index is -4.99.